The van der Waals surface area contributed by atoms with Crippen LogP contribution in [0.25, 0.3) is 0 Å². The largest absolute Gasteiger partial charge is 0.370 e. The summed E-state index contributed by atoms with van der Waals surface area (Å²) in [5, 5.41) is 0. The van der Waals surface area contributed by atoms with E-state index in [0.29, 0.717) is 0 Å². The summed E-state index contributed by atoms with van der Waals surface area (Å²) in [6.07, 6.45) is 16.7. The second-order valence-corrected chi connectivity index (χ2v) is 6.56. The first-order chi connectivity index (χ1) is 10.6. The molecule has 0 saturated carbocycles. The summed E-state index contributed by atoms with van der Waals surface area (Å²) in [4.78, 5) is 6.36. The summed E-state index contributed by atoms with van der Waals surface area (Å²) in [6, 6.07) is 0. The van der Waals surface area contributed by atoms with Crippen LogP contribution in [0, 0.1) is 0 Å². The lowest BCUT2D eigenvalue weighted by molar-refractivity contribution is 0.258. The zero-order valence-corrected chi connectivity index (χ0v) is 15.3. The number of unbranched alkanes of at least 4 members (excludes halogenated alkanes) is 11. The van der Waals surface area contributed by atoms with E-state index in [-0.39, 0.29) is 12.1 Å². The molecule has 0 aliphatic rings. The maximum atomic E-state index is 5.40. The molecule has 0 radical (unpaired) electrons. The molecule has 0 saturated heterocycles. The summed E-state index contributed by atoms with van der Waals surface area (Å²) < 4.78 is 0. The van der Waals surface area contributed by atoms with Gasteiger partial charge in [0.15, 0.2) is 5.96 Å². The van der Waals surface area contributed by atoms with Crippen LogP contribution in [0.3, 0.4) is 0 Å². The van der Waals surface area contributed by atoms with E-state index in [1.54, 1.807) is 0 Å². The summed E-state index contributed by atoms with van der Waals surface area (Å²) in [5.41, 5.74) is 10.8. The summed E-state index contributed by atoms with van der Waals surface area (Å²) in [7, 11) is 2.08. The normalized spacial score (nSPS) is 12.5. The van der Waals surface area contributed by atoms with Crippen LogP contribution in [0.2, 0.25) is 0 Å². The van der Waals surface area contributed by atoms with Gasteiger partial charge in [-0.05, 0) is 26.9 Å². The van der Waals surface area contributed by atoms with Crippen molar-refractivity contribution in [3.05, 3.63) is 0 Å². The van der Waals surface area contributed by atoms with Crippen LogP contribution in [0.5, 0.6) is 0 Å². The molecule has 4 nitrogen and oxygen atoms in total. The van der Waals surface area contributed by atoms with E-state index in [4.69, 9.17) is 11.5 Å². The monoisotopic (exact) mass is 312 g/mol. The minimum atomic E-state index is 0.0812. The molecule has 1 unspecified atom stereocenters. The van der Waals surface area contributed by atoms with E-state index in [0.717, 1.165) is 6.54 Å². The minimum absolute atomic E-state index is 0.0812. The highest BCUT2D eigenvalue weighted by Gasteiger charge is 2.06. The van der Waals surface area contributed by atoms with Crippen molar-refractivity contribution in [1.29, 1.82) is 0 Å². The Kier molecular flexibility index (Phi) is 14.6. The lowest BCUT2D eigenvalue weighted by Crippen LogP contribution is -2.33. The van der Waals surface area contributed by atoms with Crippen molar-refractivity contribution in [3.63, 3.8) is 0 Å². The molecule has 0 amide bonds. The zero-order chi connectivity index (χ0) is 16.6. The first kappa shape index (κ1) is 21.2. The minimum Gasteiger partial charge on any atom is -0.370 e. The van der Waals surface area contributed by atoms with Crippen LogP contribution < -0.4 is 11.5 Å². The Morgan fingerprint density at radius 1 is 0.818 bits per heavy atom. The molecule has 0 rings (SSSR count). The van der Waals surface area contributed by atoms with Gasteiger partial charge < -0.3 is 11.5 Å². The molecule has 0 heterocycles. The zero-order valence-electron chi connectivity index (χ0n) is 15.3. The van der Waals surface area contributed by atoms with E-state index in [1.807, 2.05) is 6.92 Å². The van der Waals surface area contributed by atoms with Crippen molar-refractivity contribution < 1.29 is 0 Å². The average Bonchev–Trinajstić information content (AvgIpc) is 2.47. The second kappa shape index (κ2) is 15.1. The molecule has 0 fully saturated rings. The van der Waals surface area contributed by atoms with Gasteiger partial charge in [0.05, 0.1) is 0 Å². The Bertz CT molecular complexity index is 262. The standard InChI is InChI=1S/C18H40N4/c1-4-5-6-7-8-9-10-11-12-13-14-15-16-22(3)17(2)21-18(19)20/h17H,4-16H2,1-3H3,(H4,19,20,21). The molecule has 0 aromatic rings. The quantitative estimate of drug-likeness (QED) is 0.270. The van der Waals surface area contributed by atoms with E-state index >= 15 is 0 Å². The Balaban J connectivity index is 3.28. The molecule has 0 aromatic carbocycles. The van der Waals surface area contributed by atoms with Gasteiger partial charge in [-0.2, -0.15) is 0 Å². The molecule has 0 aliphatic carbocycles. The number of hydrogen-bond donors (Lipinski definition) is 2. The highest BCUT2D eigenvalue weighted by atomic mass is 15.2. The van der Waals surface area contributed by atoms with Gasteiger partial charge in [-0.1, -0.05) is 77.6 Å². The smallest absolute Gasteiger partial charge is 0.187 e. The SMILES string of the molecule is CCCCCCCCCCCCCCN(C)C(C)N=C(N)N. The summed E-state index contributed by atoms with van der Waals surface area (Å²) in [6.45, 7) is 5.37. The second-order valence-electron chi connectivity index (χ2n) is 6.56. The number of guanidine groups is 1. The summed E-state index contributed by atoms with van der Waals surface area (Å²) in [5.74, 6) is 0.175. The lowest BCUT2D eigenvalue weighted by Gasteiger charge is -2.21. The van der Waals surface area contributed by atoms with E-state index in [2.05, 4.69) is 23.9 Å². The predicted octanol–water partition coefficient (Wildman–Crippen LogP) is 4.24. The highest BCUT2D eigenvalue weighted by molar-refractivity contribution is 5.75. The van der Waals surface area contributed by atoms with Crippen molar-refractivity contribution in [2.45, 2.75) is 97.1 Å². The maximum absolute atomic E-state index is 5.40. The maximum Gasteiger partial charge on any atom is 0.187 e. The first-order valence-corrected chi connectivity index (χ1v) is 9.37. The number of nitrogens with zero attached hydrogens (tertiary/aromatic N) is 2. The third-order valence-electron chi connectivity index (χ3n) is 4.34. The molecular weight excluding hydrogens is 272 g/mol. The summed E-state index contributed by atoms with van der Waals surface area (Å²) >= 11 is 0. The molecule has 4 heteroatoms. The van der Waals surface area contributed by atoms with Crippen molar-refractivity contribution >= 4 is 5.96 Å². The fourth-order valence-corrected chi connectivity index (χ4v) is 2.70. The molecule has 0 spiro atoms. The van der Waals surface area contributed by atoms with E-state index < -0.39 is 0 Å². The molecule has 1 atom stereocenters. The Hall–Kier alpha value is -0.770. The van der Waals surface area contributed by atoms with Gasteiger partial charge in [-0.25, -0.2) is 4.99 Å². The van der Waals surface area contributed by atoms with Crippen molar-refractivity contribution in [2.24, 2.45) is 16.5 Å². The van der Waals surface area contributed by atoms with Crippen molar-refractivity contribution in [3.8, 4) is 0 Å². The van der Waals surface area contributed by atoms with Crippen molar-refractivity contribution in [1.82, 2.24) is 4.90 Å². The molecular formula is C18H40N4. The molecule has 4 N–H and O–H groups in total. The molecule has 22 heavy (non-hydrogen) atoms. The third kappa shape index (κ3) is 14.2. The van der Waals surface area contributed by atoms with Gasteiger partial charge in [-0.3, -0.25) is 4.90 Å². The van der Waals surface area contributed by atoms with Crippen LogP contribution in [0.1, 0.15) is 90.9 Å². The van der Waals surface area contributed by atoms with Crippen LogP contribution >= 0.6 is 0 Å². The van der Waals surface area contributed by atoms with Gasteiger partial charge in [0, 0.05) is 0 Å². The molecule has 0 aromatic heterocycles. The number of aliphatic imine (C=N–C) groups is 1. The van der Waals surface area contributed by atoms with E-state index in [9.17, 15) is 0 Å². The Morgan fingerprint density at radius 2 is 1.23 bits per heavy atom. The van der Waals surface area contributed by atoms with Crippen molar-refractivity contribution in [2.75, 3.05) is 13.6 Å². The topological polar surface area (TPSA) is 67.6 Å². The Morgan fingerprint density at radius 3 is 1.64 bits per heavy atom. The Labute approximate surface area is 138 Å². The number of rotatable bonds is 15. The van der Waals surface area contributed by atoms with Gasteiger partial charge in [-0.15, -0.1) is 0 Å². The van der Waals surface area contributed by atoms with Crippen LogP contribution in [-0.4, -0.2) is 30.6 Å². The highest BCUT2D eigenvalue weighted by Crippen LogP contribution is 2.12. The van der Waals surface area contributed by atoms with Gasteiger partial charge in [0.1, 0.15) is 6.17 Å². The molecule has 132 valence electrons. The first-order valence-electron chi connectivity index (χ1n) is 9.37. The fraction of sp³-hybridized carbons (Fsp3) is 0.944. The lowest BCUT2D eigenvalue weighted by atomic mass is 10.1. The van der Waals surface area contributed by atoms with Crippen LogP contribution in [0.15, 0.2) is 4.99 Å². The molecule has 0 aliphatic heterocycles. The number of nitrogens with two attached hydrogens (primary N) is 2. The molecule has 0 bridgehead atoms. The third-order valence-corrected chi connectivity index (χ3v) is 4.34. The van der Waals surface area contributed by atoms with E-state index in [1.165, 1.54) is 77.0 Å². The van der Waals surface area contributed by atoms with Gasteiger partial charge in [0.25, 0.3) is 0 Å². The number of hydrogen-bond acceptors (Lipinski definition) is 2. The average molecular weight is 313 g/mol. The fourth-order valence-electron chi connectivity index (χ4n) is 2.70. The van der Waals surface area contributed by atoms with Gasteiger partial charge >= 0.3 is 0 Å². The van der Waals surface area contributed by atoms with Crippen LogP contribution in [-0.2, 0) is 0 Å². The predicted molar refractivity (Wildman–Crippen MR) is 99.0 cm³/mol. The van der Waals surface area contributed by atoms with Gasteiger partial charge in [0.2, 0.25) is 0 Å². The van der Waals surface area contributed by atoms with Crippen LogP contribution in [0.4, 0.5) is 0 Å².